The van der Waals surface area contributed by atoms with E-state index in [1.54, 1.807) is 0 Å². The Morgan fingerprint density at radius 2 is 1.80 bits per heavy atom. The third kappa shape index (κ3) is 3.95. The van der Waals surface area contributed by atoms with E-state index in [-0.39, 0.29) is 15.4 Å². The first-order chi connectivity index (χ1) is 7.00. The van der Waals surface area contributed by atoms with E-state index in [0.29, 0.717) is 5.75 Å². The van der Waals surface area contributed by atoms with Gasteiger partial charge in [0, 0.05) is 10.9 Å². The van der Waals surface area contributed by atoms with E-state index in [1.165, 1.54) is 5.56 Å². The zero-order chi connectivity index (χ0) is 11.4. The number of aryl methyl sites for hydroxylation is 1. The molecule has 1 aromatic rings. The quantitative estimate of drug-likeness (QED) is 0.736. The summed E-state index contributed by atoms with van der Waals surface area (Å²) >= 11 is 2.89. The molecular weight excluding hydrogens is 282 g/mol. The molecule has 15 heavy (non-hydrogen) atoms. The average Bonchev–Trinajstić information content (AvgIpc) is 2.18. The second kappa shape index (κ2) is 5.66. The van der Waals surface area contributed by atoms with Crippen LogP contribution in [0, 0.1) is 6.92 Å². The summed E-state index contributed by atoms with van der Waals surface area (Å²) in [5.74, 6) is 0.366. The fourth-order valence-corrected chi connectivity index (χ4v) is 3.39. The minimum absolute atomic E-state index is 0.00825. The monoisotopic (exact) mass is 293 g/mol. The van der Waals surface area contributed by atoms with Gasteiger partial charge in [-0.05, 0) is 35.0 Å². The lowest BCUT2D eigenvalue weighted by molar-refractivity contribution is 0.419. The SMILES string of the molecule is Cc1ccc([S+](C)CC(Br)=C(F)F)cc1. The molecule has 0 saturated carbocycles. The lowest BCUT2D eigenvalue weighted by Gasteiger charge is -2.02. The van der Waals surface area contributed by atoms with Crippen molar-refractivity contribution in [3.05, 3.63) is 40.4 Å². The summed E-state index contributed by atoms with van der Waals surface area (Å²) in [5, 5.41) is 0. The maximum Gasteiger partial charge on any atom is 0.285 e. The van der Waals surface area contributed by atoms with Crippen LogP contribution in [0.4, 0.5) is 8.78 Å². The molecule has 1 aromatic carbocycles. The minimum Gasteiger partial charge on any atom is -0.172 e. The standard InChI is InChI=1S/C11H12BrF2S/c1-8-3-5-9(6-4-8)15(2)7-10(12)11(13)14/h3-6H,7H2,1-2H3/q+1. The smallest absolute Gasteiger partial charge is 0.172 e. The van der Waals surface area contributed by atoms with E-state index in [0.717, 1.165) is 4.90 Å². The highest BCUT2D eigenvalue weighted by molar-refractivity contribution is 9.11. The fourth-order valence-electron chi connectivity index (χ4n) is 1.10. The highest BCUT2D eigenvalue weighted by Crippen LogP contribution is 2.21. The van der Waals surface area contributed by atoms with Crippen molar-refractivity contribution in [3.63, 3.8) is 0 Å². The van der Waals surface area contributed by atoms with Crippen LogP contribution in [0.3, 0.4) is 0 Å². The van der Waals surface area contributed by atoms with Crippen LogP contribution in [-0.2, 0) is 10.9 Å². The van der Waals surface area contributed by atoms with Gasteiger partial charge in [-0.15, -0.1) is 0 Å². The predicted octanol–water partition coefficient (Wildman–Crippen LogP) is 4.11. The first-order valence-electron chi connectivity index (χ1n) is 4.39. The Morgan fingerprint density at radius 3 is 2.27 bits per heavy atom. The van der Waals surface area contributed by atoms with Crippen LogP contribution in [0.1, 0.15) is 5.56 Å². The second-order valence-corrected chi connectivity index (χ2v) is 6.25. The van der Waals surface area contributed by atoms with Gasteiger partial charge in [0.15, 0.2) is 4.90 Å². The first-order valence-corrected chi connectivity index (χ1v) is 6.99. The normalized spacial score (nSPS) is 12.3. The third-order valence-corrected chi connectivity index (χ3v) is 4.72. The van der Waals surface area contributed by atoms with Crippen LogP contribution in [0.25, 0.3) is 0 Å². The largest absolute Gasteiger partial charge is 0.285 e. The van der Waals surface area contributed by atoms with Crippen LogP contribution in [-0.4, -0.2) is 12.0 Å². The maximum atomic E-state index is 12.2. The summed E-state index contributed by atoms with van der Waals surface area (Å²) in [4.78, 5) is 1.11. The van der Waals surface area contributed by atoms with Gasteiger partial charge in [0.2, 0.25) is 0 Å². The summed E-state index contributed by atoms with van der Waals surface area (Å²) in [6.45, 7) is 2.01. The Balaban J connectivity index is 2.73. The summed E-state index contributed by atoms with van der Waals surface area (Å²) in [5.41, 5.74) is 1.18. The highest BCUT2D eigenvalue weighted by atomic mass is 79.9. The van der Waals surface area contributed by atoms with Crippen molar-refractivity contribution in [1.29, 1.82) is 0 Å². The summed E-state index contributed by atoms with van der Waals surface area (Å²) in [6, 6.07) is 7.99. The zero-order valence-electron chi connectivity index (χ0n) is 8.56. The lowest BCUT2D eigenvalue weighted by atomic mass is 10.2. The molecule has 1 rings (SSSR count). The number of hydrogen-bond donors (Lipinski definition) is 0. The molecule has 0 amide bonds. The number of hydrogen-bond acceptors (Lipinski definition) is 0. The van der Waals surface area contributed by atoms with Crippen LogP contribution in [0.5, 0.6) is 0 Å². The highest BCUT2D eigenvalue weighted by Gasteiger charge is 2.18. The van der Waals surface area contributed by atoms with Crippen molar-refractivity contribution >= 4 is 26.8 Å². The van der Waals surface area contributed by atoms with Crippen molar-refractivity contribution in [3.8, 4) is 0 Å². The first kappa shape index (κ1) is 12.7. The van der Waals surface area contributed by atoms with Gasteiger partial charge in [-0.3, -0.25) is 0 Å². The Morgan fingerprint density at radius 1 is 1.27 bits per heavy atom. The van der Waals surface area contributed by atoms with Gasteiger partial charge < -0.3 is 0 Å². The molecule has 0 aromatic heterocycles. The molecule has 0 nitrogen and oxygen atoms in total. The molecule has 0 fully saturated rings. The van der Waals surface area contributed by atoms with Gasteiger partial charge in [0.1, 0.15) is 16.5 Å². The fraction of sp³-hybridized carbons (Fsp3) is 0.273. The summed E-state index contributed by atoms with van der Waals surface area (Å²) < 4.78 is 24.4. The van der Waals surface area contributed by atoms with E-state index in [9.17, 15) is 8.78 Å². The van der Waals surface area contributed by atoms with E-state index >= 15 is 0 Å². The van der Waals surface area contributed by atoms with Gasteiger partial charge in [-0.2, -0.15) is 8.78 Å². The summed E-state index contributed by atoms with van der Waals surface area (Å²) in [7, 11) is -0.177. The van der Waals surface area contributed by atoms with Crippen molar-refractivity contribution in [2.24, 2.45) is 0 Å². The zero-order valence-corrected chi connectivity index (χ0v) is 11.0. The molecule has 0 bridgehead atoms. The maximum absolute atomic E-state index is 12.2. The molecule has 4 heteroatoms. The molecule has 0 aliphatic rings. The van der Waals surface area contributed by atoms with Crippen molar-refractivity contribution in [2.75, 3.05) is 12.0 Å². The van der Waals surface area contributed by atoms with Crippen molar-refractivity contribution in [1.82, 2.24) is 0 Å². The Bertz CT molecular complexity index is 355. The van der Waals surface area contributed by atoms with Gasteiger partial charge in [0.05, 0.1) is 0 Å². The predicted molar refractivity (Wildman–Crippen MR) is 65.8 cm³/mol. The van der Waals surface area contributed by atoms with Crippen LogP contribution >= 0.6 is 15.9 Å². The van der Waals surface area contributed by atoms with Gasteiger partial charge in [-0.1, -0.05) is 17.7 Å². The molecule has 1 unspecified atom stereocenters. The molecule has 1 atom stereocenters. The van der Waals surface area contributed by atoms with Crippen LogP contribution < -0.4 is 0 Å². The van der Waals surface area contributed by atoms with Gasteiger partial charge in [-0.25, -0.2) is 0 Å². The van der Waals surface area contributed by atoms with Crippen molar-refractivity contribution < 1.29 is 8.78 Å². The molecular formula is C11H12BrF2S+. The second-order valence-electron chi connectivity index (χ2n) is 3.26. The molecule has 0 saturated heterocycles. The van der Waals surface area contributed by atoms with Crippen molar-refractivity contribution in [2.45, 2.75) is 11.8 Å². The Labute approximate surface area is 99.9 Å². The average molecular weight is 294 g/mol. The number of benzene rings is 1. The molecule has 0 aliphatic heterocycles. The molecule has 0 spiro atoms. The van der Waals surface area contributed by atoms with E-state index < -0.39 is 6.08 Å². The number of rotatable bonds is 3. The summed E-state index contributed by atoms with van der Waals surface area (Å²) in [6.07, 6.45) is 0.343. The molecule has 0 radical (unpaired) electrons. The minimum atomic E-state index is -1.62. The van der Waals surface area contributed by atoms with Crippen LogP contribution in [0.15, 0.2) is 39.7 Å². The van der Waals surface area contributed by atoms with Gasteiger partial charge >= 0.3 is 0 Å². The Kier molecular flexibility index (Phi) is 4.80. The third-order valence-electron chi connectivity index (χ3n) is 1.97. The molecule has 0 aliphatic carbocycles. The molecule has 0 heterocycles. The van der Waals surface area contributed by atoms with Crippen LogP contribution in [0.2, 0.25) is 0 Å². The molecule has 0 N–H and O–H groups in total. The van der Waals surface area contributed by atoms with E-state index in [1.807, 2.05) is 37.4 Å². The Hall–Kier alpha value is -0.350. The van der Waals surface area contributed by atoms with E-state index in [4.69, 9.17) is 0 Å². The topological polar surface area (TPSA) is 0 Å². The van der Waals surface area contributed by atoms with E-state index in [2.05, 4.69) is 15.9 Å². The molecule has 82 valence electrons. The number of halogens is 3. The van der Waals surface area contributed by atoms with Gasteiger partial charge in [0.25, 0.3) is 6.08 Å². The lowest BCUT2D eigenvalue weighted by Crippen LogP contribution is -2.05.